The molecule has 0 spiro atoms. The molecule has 0 aliphatic rings. The molecule has 1 amide bonds. The van der Waals surface area contributed by atoms with Gasteiger partial charge in [-0.3, -0.25) is 4.79 Å². The lowest BCUT2D eigenvalue weighted by Gasteiger charge is -2.30. The normalized spacial score (nSPS) is 14.0. The van der Waals surface area contributed by atoms with Crippen LogP contribution in [0.3, 0.4) is 0 Å². The molecule has 0 fully saturated rings. The molecule has 0 saturated carbocycles. The highest BCUT2D eigenvalue weighted by molar-refractivity contribution is 5.84. The number of likely N-dealkylation sites (N-methyl/N-ethyl adjacent to an activating group) is 1. The number of aliphatic hydroxyl groups is 1. The molecule has 0 aromatic rings. The van der Waals surface area contributed by atoms with Crippen LogP contribution in [-0.2, 0) is 4.79 Å². The number of carbonyl (C=O) groups excluding carboxylic acids is 1. The lowest BCUT2D eigenvalue weighted by atomic mass is 10.1. The van der Waals surface area contributed by atoms with E-state index in [9.17, 15) is 9.90 Å². The fraction of sp³-hybridized carbons (Fsp3) is 0.900. The minimum Gasteiger partial charge on any atom is -0.381 e. The number of hydrogen-bond acceptors (Lipinski definition) is 2. The predicted molar refractivity (Wildman–Crippen MR) is 53.4 cm³/mol. The van der Waals surface area contributed by atoms with Crippen LogP contribution in [0, 0.1) is 0 Å². The summed E-state index contributed by atoms with van der Waals surface area (Å²) in [5.41, 5.74) is -1.25. The Bertz CT molecular complexity index is 172. The minimum atomic E-state index is -1.25. The Balaban J connectivity index is 4.26. The molecule has 0 aliphatic heterocycles. The van der Waals surface area contributed by atoms with Crippen molar-refractivity contribution in [3.63, 3.8) is 0 Å². The SMILES string of the molecule is CCCC(C)N(C)C(=O)C(C)(C)O. The summed E-state index contributed by atoms with van der Waals surface area (Å²) < 4.78 is 0. The van der Waals surface area contributed by atoms with Crippen molar-refractivity contribution in [2.45, 2.75) is 52.2 Å². The van der Waals surface area contributed by atoms with E-state index in [1.54, 1.807) is 11.9 Å². The van der Waals surface area contributed by atoms with Crippen molar-refractivity contribution in [2.75, 3.05) is 7.05 Å². The molecule has 13 heavy (non-hydrogen) atoms. The van der Waals surface area contributed by atoms with Crippen LogP contribution in [0.15, 0.2) is 0 Å². The van der Waals surface area contributed by atoms with Gasteiger partial charge in [-0.05, 0) is 27.2 Å². The first kappa shape index (κ1) is 12.4. The summed E-state index contributed by atoms with van der Waals surface area (Å²) >= 11 is 0. The number of hydrogen-bond donors (Lipinski definition) is 1. The molecule has 3 nitrogen and oxygen atoms in total. The van der Waals surface area contributed by atoms with Gasteiger partial charge in [0.25, 0.3) is 5.91 Å². The largest absolute Gasteiger partial charge is 0.381 e. The van der Waals surface area contributed by atoms with Gasteiger partial charge in [0, 0.05) is 13.1 Å². The third-order valence-electron chi connectivity index (χ3n) is 2.21. The maximum Gasteiger partial charge on any atom is 0.253 e. The summed E-state index contributed by atoms with van der Waals surface area (Å²) in [6.45, 7) is 7.11. The summed E-state index contributed by atoms with van der Waals surface area (Å²) in [6.07, 6.45) is 2.02. The molecule has 0 rings (SSSR count). The van der Waals surface area contributed by atoms with Crippen molar-refractivity contribution < 1.29 is 9.90 Å². The van der Waals surface area contributed by atoms with E-state index in [1.165, 1.54) is 13.8 Å². The van der Waals surface area contributed by atoms with Gasteiger partial charge in [-0.2, -0.15) is 0 Å². The summed E-state index contributed by atoms with van der Waals surface area (Å²) in [5.74, 6) is -0.214. The van der Waals surface area contributed by atoms with Gasteiger partial charge in [-0.15, -0.1) is 0 Å². The Morgan fingerprint density at radius 1 is 1.54 bits per heavy atom. The third kappa shape index (κ3) is 3.77. The molecular weight excluding hydrogens is 166 g/mol. The van der Waals surface area contributed by atoms with E-state index in [1.807, 2.05) is 6.92 Å². The molecule has 0 heterocycles. The minimum absolute atomic E-state index is 0.198. The van der Waals surface area contributed by atoms with E-state index in [2.05, 4.69) is 6.92 Å². The molecule has 0 aromatic heterocycles. The highest BCUT2D eigenvalue weighted by Crippen LogP contribution is 2.11. The Hall–Kier alpha value is -0.570. The van der Waals surface area contributed by atoms with Crippen LogP contribution in [-0.4, -0.2) is 34.6 Å². The van der Waals surface area contributed by atoms with Gasteiger partial charge in [-0.25, -0.2) is 0 Å². The fourth-order valence-electron chi connectivity index (χ4n) is 1.24. The molecule has 0 saturated heterocycles. The predicted octanol–water partition coefficient (Wildman–Crippen LogP) is 1.40. The molecule has 78 valence electrons. The Kier molecular flexibility index (Phi) is 4.40. The van der Waals surface area contributed by atoms with Crippen molar-refractivity contribution in [3.8, 4) is 0 Å². The van der Waals surface area contributed by atoms with Crippen LogP contribution < -0.4 is 0 Å². The van der Waals surface area contributed by atoms with E-state index in [0.717, 1.165) is 12.8 Å². The maximum absolute atomic E-state index is 11.6. The summed E-state index contributed by atoms with van der Waals surface area (Å²) in [4.78, 5) is 13.2. The molecule has 0 bridgehead atoms. The second kappa shape index (κ2) is 4.61. The molecule has 3 heteroatoms. The Morgan fingerprint density at radius 3 is 2.31 bits per heavy atom. The molecule has 1 atom stereocenters. The average molecular weight is 187 g/mol. The van der Waals surface area contributed by atoms with E-state index in [-0.39, 0.29) is 11.9 Å². The molecule has 1 unspecified atom stereocenters. The van der Waals surface area contributed by atoms with Crippen molar-refractivity contribution in [1.29, 1.82) is 0 Å². The smallest absolute Gasteiger partial charge is 0.253 e. The van der Waals surface area contributed by atoms with Crippen molar-refractivity contribution >= 4 is 5.91 Å². The zero-order chi connectivity index (χ0) is 10.6. The molecule has 0 radical (unpaired) electrons. The topological polar surface area (TPSA) is 40.5 Å². The number of amides is 1. The van der Waals surface area contributed by atoms with Gasteiger partial charge in [0.15, 0.2) is 0 Å². The molecule has 0 aliphatic carbocycles. The van der Waals surface area contributed by atoms with Gasteiger partial charge in [0.1, 0.15) is 5.60 Å². The summed E-state index contributed by atoms with van der Waals surface area (Å²) in [6, 6.07) is 0.198. The highest BCUT2D eigenvalue weighted by Gasteiger charge is 2.29. The van der Waals surface area contributed by atoms with Crippen LogP contribution in [0.25, 0.3) is 0 Å². The van der Waals surface area contributed by atoms with E-state index in [4.69, 9.17) is 0 Å². The van der Waals surface area contributed by atoms with E-state index >= 15 is 0 Å². The van der Waals surface area contributed by atoms with Crippen LogP contribution in [0.5, 0.6) is 0 Å². The molecule has 1 N–H and O–H groups in total. The maximum atomic E-state index is 11.6. The Morgan fingerprint density at radius 2 is 2.00 bits per heavy atom. The van der Waals surface area contributed by atoms with Gasteiger partial charge < -0.3 is 10.0 Å². The zero-order valence-electron chi connectivity index (χ0n) is 9.29. The zero-order valence-corrected chi connectivity index (χ0v) is 9.29. The van der Waals surface area contributed by atoms with Crippen LogP contribution in [0.4, 0.5) is 0 Å². The van der Waals surface area contributed by atoms with E-state index in [0.29, 0.717) is 0 Å². The first-order chi connectivity index (χ1) is 5.80. The van der Waals surface area contributed by atoms with Crippen LogP contribution in [0.2, 0.25) is 0 Å². The van der Waals surface area contributed by atoms with Gasteiger partial charge >= 0.3 is 0 Å². The van der Waals surface area contributed by atoms with Crippen molar-refractivity contribution in [3.05, 3.63) is 0 Å². The van der Waals surface area contributed by atoms with Gasteiger partial charge in [0.2, 0.25) is 0 Å². The summed E-state index contributed by atoms with van der Waals surface area (Å²) in [5, 5.41) is 9.48. The number of carbonyl (C=O) groups is 1. The van der Waals surface area contributed by atoms with Crippen LogP contribution in [0.1, 0.15) is 40.5 Å². The first-order valence-electron chi connectivity index (χ1n) is 4.80. The first-order valence-corrected chi connectivity index (χ1v) is 4.80. The number of nitrogens with zero attached hydrogens (tertiary/aromatic N) is 1. The monoisotopic (exact) mass is 187 g/mol. The van der Waals surface area contributed by atoms with Crippen molar-refractivity contribution in [1.82, 2.24) is 4.90 Å². The Labute approximate surface area is 80.7 Å². The lowest BCUT2D eigenvalue weighted by molar-refractivity contribution is -0.148. The van der Waals surface area contributed by atoms with E-state index < -0.39 is 5.60 Å². The lowest BCUT2D eigenvalue weighted by Crippen LogP contribution is -2.46. The fourth-order valence-corrected chi connectivity index (χ4v) is 1.24. The molecular formula is C10H21NO2. The molecule has 0 aromatic carbocycles. The quantitative estimate of drug-likeness (QED) is 0.722. The number of rotatable bonds is 4. The van der Waals surface area contributed by atoms with Crippen molar-refractivity contribution in [2.24, 2.45) is 0 Å². The van der Waals surface area contributed by atoms with Gasteiger partial charge in [-0.1, -0.05) is 13.3 Å². The highest BCUT2D eigenvalue weighted by atomic mass is 16.3. The second-order valence-corrected chi connectivity index (χ2v) is 4.11. The summed E-state index contributed by atoms with van der Waals surface area (Å²) in [7, 11) is 1.74. The third-order valence-corrected chi connectivity index (χ3v) is 2.21. The van der Waals surface area contributed by atoms with Crippen LogP contribution >= 0.6 is 0 Å². The second-order valence-electron chi connectivity index (χ2n) is 4.11. The average Bonchev–Trinajstić information content (AvgIpc) is 2.00. The standard InChI is InChI=1S/C10H21NO2/c1-6-7-8(2)11(5)9(12)10(3,4)13/h8,13H,6-7H2,1-5H3. The van der Waals surface area contributed by atoms with Gasteiger partial charge in [0.05, 0.1) is 0 Å².